The van der Waals surface area contributed by atoms with Gasteiger partial charge in [-0.1, -0.05) is 26.0 Å². The summed E-state index contributed by atoms with van der Waals surface area (Å²) in [7, 11) is 0. The highest BCUT2D eigenvalue weighted by atomic mass is 16.5. The molecule has 3 rings (SSSR count). The van der Waals surface area contributed by atoms with Crippen LogP contribution in [0.3, 0.4) is 0 Å². The average Bonchev–Trinajstić information content (AvgIpc) is 2.64. The van der Waals surface area contributed by atoms with E-state index in [1.807, 2.05) is 19.1 Å². The number of amides is 2. The van der Waals surface area contributed by atoms with Gasteiger partial charge in [-0.05, 0) is 62.1 Å². The third kappa shape index (κ3) is 4.27. The summed E-state index contributed by atoms with van der Waals surface area (Å²) in [5, 5.41) is 5.59. The van der Waals surface area contributed by atoms with Crippen LogP contribution in [0.2, 0.25) is 0 Å². The van der Waals surface area contributed by atoms with Crippen LogP contribution in [-0.2, 0) is 9.59 Å². The highest BCUT2D eigenvalue weighted by molar-refractivity contribution is 5.99. The van der Waals surface area contributed by atoms with Crippen LogP contribution in [-0.4, -0.2) is 24.0 Å². The summed E-state index contributed by atoms with van der Waals surface area (Å²) in [5.41, 5.74) is 3.24. The van der Waals surface area contributed by atoms with E-state index in [4.69, 9.17) is 9.47 Å². The van der Waals surface area contributed by atoms with Gasteiger partial charge in [0, 0.05) is 5.69 Å². The molecule has 0 aliphatic carbocycles. The minimum Gasteiger partial charge on any atom is -0.481 e. The van der Waals surface area contributed by atoms with Gasteiger partial charge in [0.2, 0.25) is 0 Å². The van der Waals surface area contributed by atoms with Crippen molar-refractivity contribution in [3.8, 4) is 11.5 Å². The fourth-order valence-electron chi connectivity index (χ4n) is 2.88. The number of hydrogen-bond donors (Lipinski definition) is 2. The Kier molecular flexibility index (Phi) is 5.58. The first-order valence-electron chi connectivity index (χ1n) is 9.44. The van der Waals surface area contributed by atoms with E-state index in [1.165, 1.54) is 0 Å². The first-order valence-corrected chi connectivity index (χ1v) is 9.44. The first-order chi connectivity index (χ1) is 13.2. The van der Waals surface area contributed by atoms with Gasteiger partial charge in [0.1, 0.15) is 11.5 Å². The average molecular weight is 382 g/mol. The second-order valence-electron chi connectivity index (χ2n) is 7.39. The van der Waals surface area contributed by atoms with Crippen molar-refractivity contribution in [2.75, 3.05) is 10.6 Å². The van der Waals surface area contributed by atoms with E-state index in [0.29, 0.717) is 28.8 Å². The largest absolute Gasteiger partial charge is 0.481 e. The van der Waals surface area contributed by atoms with Crippen LogP contribution in [0.5, 0.6) is 11.5 Å². The predicted molar refractivity (Wildman–Crippen MR) is 109 cm³/mol. The van der Waals surface area contributed by atoms with Gasteiger partial charge >= 0.3 is 0 Å². The molecule has 2 amide bonds. The second-order valence-corrected chi connectivity index (χ2v) is 7.39. The minimum atomic E-state index is -0.678. The summed E-state index contributed by atoms with van der Waals surface area (Å²) in [4.78, 5) is 24.3. The maximum Gasteiger partial charge on any atom is 0.265 e. The molecule has 2 N–H and O–H groups in total. The van der Waals surface area contributed by atoms with Crippen molar-refractivity contribution in [1.82, 2.24) is 0 Å². The highest BCUT2D eigenvalue weighted by Crippen LogP contribution is 2.32. The maximum absolute atomic E-state index is 12.6. The Morgan fingerprint density at radius 2 is 1.93 bits per heavy atom. The van der Waals surface area contributed by atoms with Crippen LogP contribution >= 0.6 is 0 Å². The lowest BCUT2D eigenvalue weighted by atomic mass is 10.0. The summed E-state index contributed by atoms with van der Waals surface area (Å²) < 4.78 is 11.4. The van der Waals surface area contributed by atoms with Gasteiger partial charge in [0.05, 0.1) is 5.69 Å². The first kappa shape index (κ1) is 19.7. The number of aryl methyl sites for hydroxylation is 1. The van der Waals surface area contributed by atoms with Gasteiger partial charge < -0.3 is 20.1 Å². The Hall–Kier alpha value is -3.02. The summed E-state index contributed by atoms with van der Waals surface area (Å²) in [6.07, 6.45) is -1.21. The molecule has 1 aliphatic rings. The number of carbonyl (C=O) groups excluding carboxylic acids is 2. The molecule has 28 heavy (non-hydrogen) atoms. The minimum absolute atomic E-state index is 0.215. The molecule has 2 aromatic carbocycles. The van der Waals surface area contributed by atoms with Crippen molar-refractivity contribution in [2.24, 2.45) is 0 Å². The summed E-state index contributed by atoms with van der Waals surface area (Å²) in [5.74, 6) is 1.17. The molecule has 0 unspecified atom stereocenters. The maximum atomic E-state index is 12.6. The van der Waals surface area contributed by atoms with E-state index >= 15 is 0 Å². The summed E-state index contributed by atoms with van der Waals surface area (Å²) in [6.45, 7) is 9.58. The molecule has 0 fully saturated rings. The third-order valence-corrected chi connectivity index (χ3v) is 4.73. The monoisotopic (exact) mass is 382 g/mol. The number of fused-ring (bicyclic) bond motifs is 1. The molecule has 0 bridgehead atoms. The van der Waals surface area contributed by atoms with Crippen LogP contribution in [0, 0.1) is 6.92 Å². The number of anilines is 2. The van der Waals surface area contributed by atoms with Crippen molar-refractivity contribution < 1.29 is 19.1 Å². The van der Waals surface area contributed by atoms with E-state index in [2.05, 4.69) is 30.5 Å². The van der Waals surface area contributed by atoms with Gasteiger partial charge in [0.25, 0.3) is 11.8 Å². The Morgan fingerprint density at radius 3 is 2.64 bits per heavy atom. The van der Waals surface area contributed by atoms with Gasteiger partial charge in [-0.15, -0.1) is 0 Å². The van der Waals surface area contributed by atoms with Gasteiger partial charge in [-0.2, -0.15) is 0 Å². The predicted octanol–water partition coefficient (Wildman–Crippen LogP) is 4.24. The molecular formula is C22H26N2O4. The number of nitrogens with one attached hydrogen (secondary N) is 2. The number of benzene rings is 2. The molecule has 1 aliphatic heterocycles. The summed E-state index contributed by atoms with van der Waals surface area (Å²) >= 11 is 0. The topological polar surface area (TPSA) is 76.7 Å². The SMILES string of the molecule is Cc1ccc(C(C)C)cc1O[C@@H](C)C(=O)Nc1ccc2c(c1)NC(=O)[C@H](C)O2. The molecule has 2 atom stereocenters. The smallest absolute Gasteiger partial charge is 0.265 e. The van der Waals surface area contributed by atoms with E-state index in [-0.39, 0.29) is 11.8 Å². The number of rotatable bonds is 5. The van der Waals surface area contributed by atoms with E-state index < -0.39 is 12.2 Å². The zero-order chi connectivity index (χ0) is 20.4. The zero-order valence-electron chi connectivity index (χ0n) is 16.8. The van der Waals surface area contributed by atoms with Crippen LogP contribution < -0.4 is 20.1 Å². The van der Waals surface area contributed by atoms with Crippen molar-refractivity contribution in [2.45, 2.75) is 52.7 Å². The molecule has 0 aromatic heterocycles. The summed E-state index contributed by atoms with van der Waals surface area (Å²) in [6, 6.07) is 11.2. The zero-order valence-corrected chi connectivity index (χ0v) is 16.8. The molecule has 148 valence electrons. The standard InChI is InChI=1S/C22H26N2O4/c1-12(2)16-7-6-13(3)20(10-16)28-14(4)21(25)23-17-8-9-19-18(11-17)24-22(26)15(5)27-19/h6-12,14-15H,1-5H3,(H,23,25)(H,24,26)/t14-,15-/m0/s1. The van der Waals surface area contributed by atoms with Crippen LogP contribution in [0.25, 0.3) is 0 Å². The van der Waals surface area contributed by atoms with Gasteiger partial charge in [0.15, 0.2) is 12.2 Å². The Balaban J connectivity index is 1.69. The van der Waals surface area contributed by atoms with Crippen LogP contribution in [0.4, 0.5) is 11.4 Å². The molecule has 2 aromatic rings. The quantitative estimate of drug-likeness (QED) is 0.811. The van der Waals surface area contributed by atoms with Gasteiger partial charge in [-0.25, -0.2) is 0 Å². The number of carbonyl (C=O) groups is 2. The molecule has 6 nitrogen and oxygen atoms in total. The lowest BCUT2D eigenvalue weighted by molar-refractivity contribution is -0.123. The molecule has 0 saturated carbocycles. The molecular weight excluding hydrogens is 356 g/mol. The Morgan fingerprint density at radius 1 is 1.18 bits per heavy atom. The fourth-order valence-corrected chi connectivity index (χ4v) is 2.88. The Bertz CT molecular complexity index is 907. The second kappa shape index (κ2) is 7.92. The number of hydrogen-bond acceptors (Lipinski definition) is 4. The van der Waals surface area contributed by atoms with Crippen molar-refractivity contribution in [3.05, 3.63) is 47.5 Å². The van der Waals surface area contributed by atoms with Crippen LogP contribution in [0.1, 0.15) is 44.7 Å². The molecule has 1 heterocycles. The van der Waals surface area contributed by atoms with Crippen molar-refractivity contribution in [1.29, 1.82) is 0 Å². The van der Waals surface area contributed by atoms with E-state index in [1.54, 1.807) is 32.0 Å². The molecule has 0 spiro atoms. The molecule has 0 radical (unpaired) electrons. The highest BCUT2D eigenvalue weighted by Gasteiger charge is 2.24. The van der Waals surface area contributed by atoms with Crippen molar-refractivity contribution in [3.63, 3.8) is 0 Å². The number of ether oxygens (including phenoxy) is 2. The normalized spacial score (nSPS) is 16.6. The van der Waals surface area contributed by atoms with Crippen molar-refractivity contribution >= 4 is 23.2 Å². The van der Waals surface area contributed by atoms with Crippen LogP contribution in [0.15, 0.2) is 36.4 Å². The van der Waals surface area contributed by atoms with Gasteiger partial charge in [-0.3, -0.25) is 9.59 Å². The van der Waals surface area contributed by atoms with E-state index in [0.717, 1.165) is 11.1 Å². The van der Waals surface area contributed by atoms with E-state index in [9.17, 15) is 9.59 Å². The lowest BCUT2D eigenvalue weighted by Gasteiger charge is -2.24. The third-order valence-electron chi connectivity index (χ3n) is 4.73. The fraction of sp³-hybridized carbons (Fsp3) is 0.364. The molecule has 0 saturated heterocycles. The Labute approximate surface area is 165 Å². The molecule has 6 heteroatoms. The lowest BCUT2D eigenvalue weighted by Crippen LogP contribution is -2.34.